The molecule has 0 atom stereocenters. The van der Waals surface area contributed by atoms with Crippen LogP contribution in [0.5, 0.6) is 0 Å². The van der Waals surface area contributed by atoms with Crippen LogP contribution in [0.15, 0.2) is 29.3 Å². The largest absolute Gasteiger partial charge is 0.379 e. The molecule has 2 saturated heterocycles. The number of morpholine rings is 1. The zero-order valence-corrected chi connectivity index (χ0v) is 19.0. The number of aliphatic imine (C=N–C) groups is 1. The maximum absolute atomic E-state index is 5.42. The second-order valence-corrected chi connectivity index (χ2v) is 8.71. The Labute approximate surface area is 183 Å². The van der Waals surface area contributed by atoms with Gasteiger partial charge in [-0.25, -0.2) is 4.99 Å². The number of rotatable bonds is 9. The van der Waals surface area contributed by atoms with Crippen molar-refractivity contribution < 1.29 is 4.74 Å². The normalized spacial score (nSPS) is 19.7. The molecule has 1 aromatic carbocycles. The molecule has 0 unspecified atom stereocenters. The second-order valence-electron chi connectivity index (χ2n) is 8.71. The van der Waals surface area contributed by atoms with Gasteiger partial charge in [0.25, 0.3) is 0 Å². The van der Waals surface area contributed by atoms with Crippen LogP contribution < -0.4 is 10.6 Å². The first kappa shape index (κ1) is 23.0. The third-order valence-corrected chi connectivity index (χ3v) is 6.09. The van der Waals surface area contributed by atoms with E-state index in [1.807, 2.05) is 0 Å². The summed E-state index contributed by atoms with van der Waals surface area (Å²) in [6.45, 7) is 15.5. The molecule has 6 nitrogen and oxygen atoms in total. The van der Waals surface area contributed by atoms with E-state index in [0.717, 1.165) is 70.8 Å². The van der Waals surface area contributed by atoms with Gasteiger partial charge in [0.05, 0.1) is 19.8 Å². The lowest BCUT2D eigenvalue weighted by Crippen LogP contribution is -2.40. The quantitative estimate of drug-likeness (QED) is 0.369. The SMILES string of the molecule is CCNC(=NCc1cccc(CN2CCC(C)CC2)c1)NCCCN1CCOCC1. The predicted octanol–water partition coefficient (Wildman–Crippen LogP) is 2.70. The van der Waals surface area contributed by atoms with Crippen molar-refractivity contribution in [3.63, 3.8) is 0 Å². The van der Waals surface area contributed by atoms with Crippen LogP contribution >= 0.6 is 0 Å². The van der Waals surface area contributed by atoms with Gasteiger partial charge in [0.15, 0.2) is 5.96 Å². The molecule has 0 spiro atoms. The number of guanidine groups is 1. The maximum atomic E-state index is 5.42. The number of benzene rings is 1. The van der Waals surface area contributed by atoms with E-state index < -0.39 is 0 Å². The molecule has 0 aromatic heterocycles. The van der Waals surface area contributed by atoms with Gasteiger partial charge in [-0.3, -0.25) is 9.80 Å². The predicted molar refractivity (Wildman–Crippen MR) is 125 cm³/mol. The van der Waals surface area contributed by atoms with Gasteiger partial charge in [-0.2, -0.15) is 0 Å². The molecule has 6 heteroatoms. The van der Waals surface area contributed by atoms with Crippen LogP contribution in [0.3, 0.4) is 0 Å². The topological polar surface area (TPSA) is 52.1 Å². The number of ether oxygens (including phenoxy) is 1. The Morgan fingerprint density at radius 3 is 2.60 bits per heavy atom. The minimum atomic E-state index is 0.712. The van der Waals surface area contributed by atoms with E-state index in [2.05, 4.69) is 58.5 Å². The summed E-state index contributed by atoms with van der Waals surface area (Å²) >= 11 is 0. The molecular weight excluding hydrogens is 374 g/mol. The van der Waals surface area contributed by atoms with Crippen LogP contribution in [0.2, 0.25) is 0 Å². The highest BCUT2D eigenvalue weighted by Crippen LogP contribution is 2.18. The number of hydrogen-bond donors (Lipinski definition) is 2. The molecule has 0 aliphatic carbocycles. The van der Waals surface area contributed by atoms with E-state index in [1.54, 1.807) is 0 Å². The minimum absolute atomic E-state index is 0.712. The summed E-state index contributed by atoms with van der Waals surface area (Å²) in [5.41, 5.74) is 2.68. The molecule has 2 aliphatic heterocycles. The van der Waals surface area contributed by atoms with Crippen molar-refractivity contribution >= 4 is 5.96 Å². The van der Waals surface area contributed by atoms with E-state index in [1.165, 1.54) is 37.1 Å². The standard InChI is InChI=1S/C24H41N5O/c1-3-25-24(26-10-5-11-28-14-16-30-17-15-28)27-19-22-6-4-7-23(18-22)20-29-12-8-21(2)9-13-29/h4,6-7,18,21H,3,5,8-17,19-20H2,1-2H3,(H2,25,26,27). The summed E-state index contributed by atoms with van der Waals surface area (Å²) in [5.74, 6) is 1.79. The Balaban J connectivity index is 1.44. The van der Waals surface area contributed by atoms with Crippen molar-refractivity contribution in [3.05, 3.63) is 35.4 Å². The first-order chi connectivity index (χ1) is 14.7. The maximum Gasteiger partial charge on any atom is 0.191 e. The van der Waals surface area contributed by atoms with Crippen molar-refractivity contribution in [2.24, 2.45) is 10.9 Å². The Kier molecular flexibility index (Phi) is 9.93. The molecule has 0 amide bonds. The molecule has 0 bridgehead atoms. The van der Waals surface area contributed by atoms with Crippen LogP contribution in [0, 0.1) is 5.92 Å². The molecule has 168 valence electrons. The number of nitrogens with one attached hydrogen (secondary N) is 2. The van der Waals surface area contributed by atoms with Gasteiger partial charge in [0.2, 0.25) is 0 Å². The van der Waals surface area contributed by atoms with Crippen molar-refractivity contribution in [1.29, 1.82) is 0 Å². The first-order valence-corrected chi connectivity index (χ1v) is 11.9. The summed E-state index contributed by atoms with van der Waals surface area (Å²) in [6, 6.07) is 8.94. The number of piperidine rings is 1. The van der Waals surface area contributed by atoms with E-state index in [4.69, 9.17) is 9.73 Å². The fourth-order valence-corrected chi connectivity index (χ4v) is 4.15. The summed E-state index contributed by atoms with van der Waals surface area (Å²) in [4.78, 5) is 9.87. The third kappa shape index (κ3) is 8.25. The molecule has 0 saturated carbocycles. The van der Waals surface area contributed by atoms with E-state index >= 15 is 0 Å². The van der Waals surface area contributed by atoms with Crippen LogP contribution in [0.1, 0.15) is 44.2 Å². The molecular formula is C24H41N5O. The lowest BCUT2D eigenvalue weighted by Gasteiger charge is -2.30. The Hall–Kier alpha value is -1.63. The highest BCUT2D eigenvalue weighted by Gasteiger charge is 2.15. The number of nitrogens with zero attached hydrogens (tertiary/aromatic N) is 3. The molecule has 2 N–H and O–H groups in total. The molecule has 30 heavy (non-hydrogen) atoms. The summed E-state index contributed by atoms with van der Waals surface area (Å²) in [7, 11) is 0. The fourth-order valence-electron chi connectivity index (χ4n) is 4.15. The van der Waals surface area contributed by atoms with Gasteiger partial charge in [-0.15, -0.1) is 0 Å². The zero-order valence-electron chi connectivity index (χ0n) is 19.0. The van der Waals surface area contributed by atoms with Gasteiger partial charge in [0.1, 0.15) is 0 Å². The van der Waals surface area contributed by atoms with Crippen LogP contribution in [0.25, 0.3) is 0 Å². The van der Waals surface area contributed by atoms with Gasteiger partial charge >= 0.3 is 0 Å². The summed E-state index contributed by atoms with van der Waals surface area (Å²) < 4.78 is 5.42. The summed E-state index contributed by atoms with van der Waals surface area (Å²) in [5, 5.41) is 6.86. The van der Waals surface area contributed by atoms with Crippen molar-refractivity contribution in [1.82, 2.24) is 20.4 Å². The van der Waals surface area contributed by atoms with E-state index in [-0.39, 0.29) is 0 Å². The molecule has 2 aliphatic rings. The second kappa shape index (κ2) is 12.9. The van der Waals surface area contributed by atoms with Gasteiger partial charge < -0.3 is 15.4 Å². The number of hydrogen-bond acceptors (Lipinski definition) is 4. The smallest absolute Gasteiger partial charge is 0.191 e. The van der Waals surface area contributed by atoms with Gasteiger partial charge in [-0.1, -0.05) is 31.2 Å². The zero-order chi connectivity index (χ0) is 21.0. The van der Waals surface area contributed by atoms with Crippen LogP contribution in [-0.4, -0.2) is 74.8 Å². The monoisotopic (exact) mass is 415 g/mol. The molecule has 3 rings (SSSR count). The third-order valence-electron chi connectivity index (χ3n) is 6.09. The van der Waals surface area contributed by atoms with Crippen molar-refractivity contribution in [2.75, 3.05) is 59.0 Å². The Morgan fingerprint density at radius 2 is 1.83 bits per heavy atom. The molecule has 1 aromatic rings. The minimum Gasteiger partial charge on any atom is -0.379 e. The highest BCUT2D eigenvalue weighted by atomic mass is 16.5. The first-order valence-electron chi connectivity index (χ1n) is 11.9. The Bertz CT molecular complexity index is 636. The molecule has 2 heterocycles. The van der Waals surface area contributed by atoms with Crippen LogP contribution in [-0.2, 0) is 17.8 Å². The summed E-state index contributed by atoms with van der Waals surface area (Å²) in [6.07, 6.45) is 3.77. The average Bonchev–Trinajstić information content (AvgIpc) is 2.77. The van der Waals surface area contributed by atoms with Crippen molar-refractivity contribution in [2.45, 2.75) is 46.2 Å². The molecule has 2 fully saturated rings. The highest BCUT2D eigenvalue weighted by molar-refractivity contribution is 5.79. The molecule has 0 radical (unpaired) electrons. The Morgan fingerprint density at radius 1 is 1.07 bits per heavy atom. The lowest BCUT2D eigenvalue weighted by atomic mass is 9.98. The lowest BCUT2D eigenvalue weighted by molar-refractivity contribution is 0.0376. The number of likely N-dealkylation sites (tertiary alicyclic amines) is 1. The van der Waals surface area contributed by atoms with Gasteiger partial charge in [0, 0.05) is 32.7 Å². The van der Waals surface area contributed by atoms with E-state index in [9.17, 15) is 0 Å². The average molecular weight is 416 g/mol. The van der Waals surface area contributed by atoms with E-state index in [0.29, 0.717) is 6.54 Å². The fraction of sp³-hybridized carbons (Fsp3) is 0.708. The van der Waals surface area contributed by atoms with Crippen LogP contribution in [0.4, 0.5) is 0 Å². The van der Waals surface area contributed by atoms with Gasteiger partial charge in [-0.05, 0) is 62.9 Å². The van der Waals surface area contributed by atoms with Crippen molar-refractivity contribution in [3.8, 4) is 0 Å².